The second-order valence-electron chi connectivity index (χ2n) is 7.60. The van der Waals surface area contributed by atoms with E-state index in [1.807, 2.05) is 50.2 Å². The van der Waals surface area contributed by atoms with E-state index in [4.69, 9.17) is 4.74 Å². The number of carbonyl (C=O) groups is 1. The standard InChI is InChI=1S/C23H30N4O2.HI/c1-16(2)29-21-12-10-20(11-13-21)27-23(25-15-22(28)26-19-8-9-19)24-14-18-7-5-4-6-17(18)3;/h4-7,10-13,16,19H,8-9,14-15H2,1-3H3,(H,26,28)(H2,24,25,27);1H. The summed E-state index contributed by atoms with van der Waals surface area (Å²) < 4.78 is 5.69. The maximum absolute atomic E-state index is 12.1. The predicted octanol–water partition coefficient (Wildman–Crippen LogP) is 4.24. The lowest BCUT2D eigenvalue weighted by Gasteiger charge is -2.14. The molecule has 0 bridgehead atoms. The minimum atomic E-state index is -0.0152. The van der Waals surface area contributed by atoms with Crippen LogP contribution >= 0.6 is 24.0 Å². The van der Waals surface area contributed by atoms with Gasteiger partial charge in [0.15, 0.2) is 5.96 Å². The summed E-state index contributed by atoms with van der Waals surface area (Å²) in [5.41, 5.74) is 3.22. The minimum Gasteiger partial charge on any atom is -0.491 e. The summed E-state index contributed by atoms with van der Waals surface area (Å²) >= 11 is 0. The maximum Gasteiger partial charge on any atom is 0.239 e. The Morgan fingerprint density at radius 2 is 1.83 bits per heavy atom. The summed E-state index contributed by atoms with van der Waals surface area (Å²) in [5.74, 6) is 1.37. The highest BCUT2D eigenvalue weighted by atomic mass is 127. The van der Waals surface area contributed by atoms with E-state index in [0.717, 1.165) is 29.8 Å². The van der Waals surface area contributed by atoms with E-state index in [1.165, 1.54) is 5.56 Å². The highest BCUT2D eigenvalue weighted by Gasteiger charge is 2.23. The lowest BCUT2D eigenvalue weighted by atomic mass is 10.1. The van der Waals surface area contributed by atoms with Gasteiger partial charge in [0, 0.05) is 11.7 Å². The third-order valence-corrected chi connectivity index (χ3v) is 4.52. The SMILES string of the molecule is Cc1ccccc1CN=C(NCC(=O)NC1CC1)Nc1ccc(OC(C)C)cc1.I. The van der Waals surface area contributed by atoms with Gasteiger partial charge in [-0.3, -0.25) is 4.79 Å². The fourth-order valence-corrected chi connectivity index (χ4v) is 2.79. The van der Waals surface area contributed by atoms with Crippen molar-refractivity contribution >= 4 is 41.5 Å². The fraction of sp³-hybridized carbons (Fsp3) is 0.391. The molecule has 2 aromatic carbocycles. The zero-order chi connectivity index (χ0) is 20.6. The van der Waals surface area contributed by atoms with E-state index in [0.29, 0.717) is 18.5 Å². The summed E-state index contributed by atoms with van der Waals surface area (Å²) in [6.07, 6.45) is 2.28. The van der Waals surface area contributed by atoms with Crippen LogP contribution in [0.1, 0.15) is 37.8 Å². The van der Waals surface area contributed by atoms with Gasteiger partial charge in [0.05, 0.1) is 19.2 Å². The maximum atomic E-state index is 12.1. The van der Waals surface area contributed by atoms with Gasteiger partial charge in [-0.05, 0) is 69.0 Å². The highest BCUT2D eigenvalue weighted by molar-refractivity contribution is 14.0. The van der Waals surface area contributed by atoms with Gasteiger partial charge in [-0.25, -0.2) is 4.99 Å². The number of nitrogens with zero attached hydrogens (tertiary/aromatic N) is 1. The fourth-order valence-electron chi connectivity index (χ4n) is 2.79. The molecule has 30 heavy (non-hydrogen) atoms. The minimum absolute atomic E-state index is 0. The normalized spacial score (nSPS) is 13.4. The van der Waals surface area contributed by atoms with Gasteiger partial charge >= 0.3 is 0 Å². The zero-order valence-corrected chi connectivity index (χ0v) is 20.1. The molecule has 0 heterocycles. The molecule has 0 unspecified atom stereocenters. The number of halogens is 1. The predicted molar refractivity (Wildman–Crippen MR) is 133 cm³/mol. The molecule has 7 heteroatoms. The van der Waals surface area contributed by atoms with Crippen molar-refractivity contribution in [3.05, 3.63) is 59.7 Å². The van der Waals surface area contributed by atoms with Crippen molar-refractivity contribution in [2.75, 3.05) is 11.9 Å². The van der Waals surface area contributed by atoms with Gasteiger partial charge in [0.2, 0.25) is 5.91 Å². The first kappa shape index (κ1) is 24.0. The first-order chi connectivity index (χ1) is 14.0. The van der Waals surface area contributed by atoms with Gasteiger partial charge in [-0.1, -0.05) is 24.3 Å². The molecule has 0 atom stereocenters. The van der Waals surface area contributed by atoms with Crippen LogP contribution in [0, 0.1) is 6.92 Å². The largest absolute Gasteiger partial charge is 0.491 e. The smallest absolute Gasteiger partial charge is 0.239 e. The van der Waals surface area contributed by atoms with E-state index in [-0.39, 0.29) is 42.5 Å². The third kappa shape index (κ3) is 8.22. The monoisotopic (exact) mass is 522 g/mol. The molecule has 0 aliphatic heterocycles. The average molecular weight is 522 g/mol. The van der Waals surface area contributed by atoms with Crippen LogP contribution in [0.2, 0.25) is 0 Å². The molecule has 3 rings (SSSR count). The number of amides is 1. The Balaban J connectivity index is 0.00000320. The zero-order valence-electron chi connectivity index (χ0n) is 17.8. The van der Waals surface area contributed by atoms with Crippen LogP contribution in [0.3, 0.4) is 0 Å². The lowest BCUT2D eigenvalue weighted by Crippen LogP contribution is -2.40. The number of nitrogens with one attached hydrogen (secondary N) is 3. The Bertz CT molecular complexity index is 849. The Morgan fingerprint density at radius 3 is 2.47 bits per heavy atom. The van der Waals surface area contributed by atoms with Crippen LogP contribution in [-0.2, 0) is 11.3 Å². The molecule has 2 aromatic rings. The molecule has 1 aliphatic carbocycles. The summed E-state index contributed by atoms with van der Waals surface area (Å²) in [6.45, 7) is 6.78. The number of hydrogen-bond donors (Lipinski definition) is 3. The van der Waals surface area contributed by atoms with E-state index in [9.17, 15) is 4.79 Å². The molecule has 1 fully saturated rings. The average Bonchev–Trinajstić information content (AvgIpc) is 3.50. The third-order valence-electron chi connectivity index (χ3n) is 4.52. The van der Waals surface area contributed by atoms with Crippen molar-refractivity contribution in [2.24, 2.45) is 4.99 Å². The molecule has 162 valence electrons. The number of aryl methyl sites for hydroxylation is 1. The molecule has 6 nitrogen and oxygen atoms in total. The van der Waals surface area contributed by atoms with E-state index in [1.54, 1.807) is 0 Å². The molecule has 0 spiro atoms. The quantitative estimate of drug-likeness (QED) is 0.276. The summed E-state index contributed by atoms with van der Waals surface area (Å²) in [4.78, 5) is 16.7. The van der Waals surface area contributed by atoms with Gasteiger partial charge < -0.3 is 20.7 Å². The second-order valence-corrected chi connectivity index (χ2v) is 7.60. The van der Waals surface area contributed by atoms with Crippen molar-refractivity contribution in [1.82, 2.24) is 10.6 Å². The Labute approximate surface area is 195 Å². The van der Waals surface area contributed by atoms with E-state index < -0.39 is 0 Å². The van der Waals surface area contributed by atoms with Crippen LogP contribution in [0.25, 0.3) is 0 Å². The van der Waals surface area contributed by atoms with Crippen LogP contribution in [0.4, 0.5) is 5.69 Å². The number of aliphatic imine (C=N–C) groups is 1. The van der Waals surface area contributed by atoms with Crippen molar-refractivity contribution in [3.63, 3.8) is 0 Å². The summed E-state index contributed by atoms with van der Waals surface area (Å²) in [7, 11) is 0. The van der Waals surface area contributed by atoms with Crippen LogP contribution < -0.4 is 20.7 Å². The molecule has 1 saturated carbocycles. The van der Waals surface area contributed by atoms with Gasteiger partial charge in [0.25, 0.3) is 0 Å². The van der Waals surface area contributed by atoms with Crippen molar-refractivity contribution < 1.29 is 9.53 Å². The molecule has 0 radical (unpaired) electrons. The van der Waals surface area contributed by atoms with Crippen molar-refractivity contribution in [2.45, 2.75) is 52.3 Å². The molecular weight excluding hydrogens is 491 g/mol. The van der Waals surface area contributed by atoms with Crippen LogP contribution in [0.5, 0.6) is 5.75 Å². The lowest BCUT2D eigenvalue weighted by molar-refractivity contribution is -0.120. The number of benzene rings is 2. The van der Waals surface area contributed by atoms with Crippen LogP contribution in [-0.4, -0.2) is 30.6 Å². The highest BCUT2D eigenvalue weighted by Crippen LogP contribution is 2.18. The van der Waals surface area contributed by atoms with E-state index >= 15 is 0 Å². The topological polar surface area (TPSA) is 74.8 Å². The van der Waals surface area contributed by atoms with Gasteiger partial charge in [-0.2, -0.15) is 0 Å². The van der Waals surface area contributed by atoms with Crippen LogP contribution in [0.15, 0.2) is 53.5 Å². The molecule has 0 aromatic heterocycles. The number of ether oxygens (including phenoxy) is 1. The Hall–Kier alpha value is -2.29. The van der Waals surface area contributed by atoms with E-state index in [2.05, 4.69) is 40.0 Å². The van der Waals surface area contributed by atoms with Gasteiger partial charge in [-0.15, -0.1) is 24.0 Å². The van der Waals surface area contributed by atoms with Crippen molar-refractivity contribution in [3.8, 4) is 5.75 Å². The molecule has 0 saturated heterocycles. The second kappa shape index (κ2) is 11.8. The Kier molecular flexibility index (Phi) is 9.42. The Morgan fingerprint density at radius 1 is 1.13 bits per heavy atom. The molecular formula is C23H31IN4O2. The first-order valence-corrected chi connectivity index (χ1v) is 10.2. The first-order valence-electron chi connectivity index (χ1n) is 10.2. The number of carbonyl (C=O) groups excluding carboxylic acids is 1. The number of hydrogen-bond acceptors (Lipinski definition) is 3. The molecule has 1 aliphatic rings. The summed E-state index contributed by atoms with van der Waals surface area (Å²) in [5, 5.41) is 9.39. The number of guanidine groups is 1. The molecule has 3 N–H and O–H groups in total. The number of anilines is 1. The number of rotatable bonds is 8. The van der Waals surface area contributed by atoms with Crippen molar-refractivity contribution in [1.29, 1.82) is 0 Å². The van der Waals surface area contributed by atoms with Gasteiger partial charge in [0.1, 0.15) is 5.75 Å². The summed E-state index contributed by atoms with van der Waals surface area (Å²) in [6, 6.07) is 16.2. The molecule has 1 amide bonds.